The topological polar surface area (TPSA) is 41.1 Å². The number of carbonyl (C=O) groups is 1. The summed E-state index contributed by atoms with van der Waals surface area (Å²) in [6, 6.07) is 10.4. The van der Waals surface area contributed by atoms with E-state index >= 15 is 0 Å². The monoisotopic (exact) mass is 234 g/mol. The summed E-state index contributed by atoms with van der Waals surface area (Å²) in [4.78, 5) is 11.7. The average Bonchev–Trinajstić information content (AvgIpc) is 2.36. The zero-order chi connectivity index (χ0) is 12.7. The van der Waals surface area contributed by atoms with Gasteiger partial charge in [0.2, 0.25) is 5.91 Å². The molecule has 94 valence electrons. The molecule has 2 atom stereocenters. The van der Waals surface area contributed by atoms with E-state index in [0.29, 0.717) is 12.6 Å². The predicted molar refractivity (Wildman–Crippen MR) is 70.8 cm³/mol. The molecule has 2 N–H and O–H groups in total. The first kappa shape index (κ1) is 13.7. The van der Waals surface area contributed by atoms with Gasteiger partial charge in [0.25, 0.3) is 0 Å². The second kappa shape index (κ2) is 7.07. The van der Waals surface area contributed by atoms with E-state index in [0.717, 1.165) is 12.0 Å². The highest BCUT2D eigenvalue weighted by molar-refractivity contribution is 5.78. The van der Waals surface area contributed by atoms with Crippen LogP contribution < -0.4 is 10.6 Å². The Labute approximate surface area is 104 Å². The Balaban J connectivity index is 2.36. The predicted octanol–water partition coefficient (Wildman–Crippen LogP) is 2.25. The molecule has 0 heterocycles. The fraction of sp³-hybridized carbons (Fsp3) is 0.500. The lowest BCUT2D eigenvalue weighted by Gasteiger charge is -2.16. The maximum atomic E-state index is 11.7. The largest absolute Gasteiger partial charge is 0.348 e. The van der Waals surface area contributed by atoms with Crippen LogP contribution in [0.1, 0.15) is 38.8 Å². The molecule has 1 amide bonds. The van der Waals surface area contributed by atoms with Crippen molar-refractivity contribution in [3.8, 4) is 0 Å². The lowest BCUT2D eigenvalue weighted by molar-refractivity contribution is -0.121. The van der Waals surface area contributed by atoms with E-state index in [1.54, 1.807) is 0 Å². The zero-order valence-electron chi connectivity index (χ0n) is 10.9. The van der Waals surface area contributed by atoms with Crippen molar-refractivity contribution >= 4 is 5.91 Å². The third-order valence-electron chi connectivity index (χ3n) is 2.90. The van der Waals surface area contributed by atoms with Crippen LogP contribution in [0.2, 0.25) is 0 Å². The third kappa shape index (κ3) is 5.00. The number of rotatable bonds is 6. The Morgan fingerprint density at radius 1 is 1.24 bits per heavy atom. The van der Waals surface area contributed by atoms with Gasteiger partial charge in [0.1, 0.15) is 0 Å². The second-order valence-corrected chi connectivity index (χ2v) is 4.39. The van der Waals surface area contributed by atoms with Crippen molar-refractivity contribution in [2.75, 3.05) is 6.54 Å². The molecule has 0 aliphatic heterocycles. The summed E-state index contributed by atoms with van der Waals surface area (Å²) < 4.78 is 0. The van der Waals surface area contributed by atoms with Gasteiger partial charge in [0.15, 0.2) is 0 Å². The van der Waals surface area contributed by atoms with E-state index in [2.05, 4.69) is 24.5 Å². The molecule has 1 unspecified atom stereocenters. The first-order valence-electron chi connectivity index (χ1n) is 6.21. The van der Waals surface area contributed by atoms with Crippen LogP contribution in [0.3, 0.4) is 0 Å². The van der Waals surface area contributed by atoms with Crippen molar-refractivity contribution in [2.45, 2.75) is 39.3 Å². The van der Waals surface area contributed by atoms with Gasteiger partial charge in [-0.15, -0.1) is 0 Å². The average molecular weight is 234 g/mol. The molecular formula is C14H22N2O. The van der Waals surface area contributed by atoms with E-state index in [1.807, 2.05) is 37.3 Å². The third-order valence-corrected chi connectivity index (χ3v) is 2.90. The zero-order valence-corrected chi connectivity index (χ0v) is 10.9. The maximum Gasteiger partial charge on any atom is 0.234 e. The summed E-state index contributed by atoms with van der Waals surface area (Å²) in [5.41, 5.74) is 1.13. The van der Waals surface area contributed by atoms with E-state index < -0.39 is 0 Å². The van der Waals surface area contributed by atoms with Crippen LogP contribution in [-0.4, -0.2) is 18.5 Å². The molecule has 1 aromatic carbocycles. The van der Waals surface area contributed by atoms with E-state index in [-0.39, 0.29) is 11.9 Å². The minimum Gasteiger partial charge on any atom is -0.348 e. The molecule has 3 nitrogen and oxygen atoms in total. The highest BCUT2D eigenvalue weighted by Gasteiger charge is 2.09. The molecule has 17 heavy (non-hydrogen) atoms. The molecule has 3 heteroatoms. The smallest absolute Gasteiger partial charge is 0.234 e. The molecule has 0 bridgehead atoms. The number of amides is 1. The molecule has 0 aromatic heterocycles. The van der Waals surface area contributed by atoms with Crippen LogP contribution in [0.25, 0.3) is 0 Å². The van der Waals surface area contributed by atoms with Gasteiger partial charge in [-0.3, -0.25) is 4.79 Å². The number of carbonyl (C=O) groups excluding carboxylic acids is 1. The van der Waals surface area contributed by atoms with Crippen LogP contribution in [0.4, 0.5) is 0 Å². The Morgan fingerprint density at radius 2 is 1.88 bits per heavy atom. The van der Waals surface area contributed by atoms with Crippen LogP contribution in [0, 0.1) is 0 Å². The number of hydrogen-bond donors (Lipinski definition) is 2. The Morgan fingerprint density at radius 3 is 2.47 bits per heavy atom. The van der Waals surface area contributed by atoms with Gasteiger partial charge >= 0.3 is 0 Å². The second-order valence-electron chi connectivity index (χ2n) is 4.39. The summed E-state index contributed by atoms with van der Waals surface area (Å²) in [6.45, 7) is 6.55. The van der Waals surface area contributed by atoms with Crippen LogP contribution in [0.5, 0.6) is 0 Å². The highest BCUT2D eigenvalue weighted by Crippen LogP contribution is 2.10. The molecule has 0 spiro atoms. The van der Waals surface area contributed by atoms with Crippen molar-refractivity contribution in [2.24, 2.45) is 0 Å². The van der Waals surface area contributed by atoms with Crippen molar-refractivity contribution in [3.63, 3.8) is 0 Å². The minimum atomic E-state index is 0.0432. The Hall–Kier alpha value is -1.35. The summed E-state index contributed by atoms with van der Waals surface area (Å²) in [7, 11) is 0. The first-order valence-corrected chi connectivity index (χ1v) is 6.21. The molecule has 0 aliphatic rings. The fourth-order valence-electron chi connectivity index (χ4n) is 1.53. The highest BCUT2D eigenvalue weighted by atomic mass is 16.1. The van der Waals surface area contributed by atoms with Crippen molar-refractivity contribution in [1.82, 2.24) is 10.6 Å². The van der Waals surface area contributed by atoms with Crippen LogP contribution in [-0.2, 0) is 4.79 Å². The molecule has 0 radical (unpaired) electrons. The lowest BCUT2D eigenvalue weighted by Crippen LogP contribution is -2.38. The summed E-state index contributed by atoms with van der Waals surface area (Å²) in [5.74, 6) is 0.0432. The Kier molecular flexibility index (Phi) is 5.70. The van der Waals surface area contributed by atoms with E-state index in [4.69, 9.17) is 0 Å². The van der Waals surface area contributed by atoms with Gasteiger partial charge in [-0.25, -0.2) is 0 Å². The normalized spacial score (nSPS) is 14.1. The van der Waals surface area contributed by atoms with Gasteiger partial charge in [-0.1, -0.05) is 37.3 Å². The standard InChI is InChI=1S/C14H22N2O/c1-4-11(2)15-10-14(17)16-12(3)13-8-6-5-7-9-13/h5-9,11-12,15H,4,10H2,1-3H3,(H,16,17)/t11?,12-/m0/s1. The van der Waals surface area contributed by atoms with Gasteiger partial charge in [-0.05, 0) is 25.8 Å². The Bertz CT molecular complexity index is 337. The van der Waals surface area contributed by atoms with Gasteiger partial charge in [0.05, 0.1) is 12.6 Å². The summed E-state index contributed by atoms with van der Waals surface area (Å²) in [5, 5.41) is 6.15. The molecule has 0 saturated heterocycles. The lowest BCUT2D eigenvalue weighted by atomic mass is 10.1. The van der Waals surface area contributed by atoms with E-state index in [1.165, 1.54) is 0 Å². The summed E-state index contributed by atoms with van der Waals surface area (Å²) in [6.07, 6.45) is 1.03. The molecular weight excluding hydrogens is 212 g/mol. The van der Waals surface area contributed by atoms with Gasteiger partial charge in [-0.2, -0.15) is 0 Å². The SMILES string of the molecule is CCC(C)NCC(=O)N[C@@H](C)c1ccccc1. The van der Waals surface area contributed by atoms with Crippen LogP contribution in [0.15, 0.2) is 30.3 Å². The van der Waals surface area contributed by atoms with Crippen LogP contribution >= 0.6 is 0 Å². The number of nitrogens with one attached hydrogen (secondary N) is 2. The van der Waals surface area contributed by atoms with Crippen molar-refractivity contribution < 1.29 is 4.79 Å². The molecule has 0 aliphatic carbocycles. The number of benzene rings is 1. The molecule has 0 fully saturated rings. The summed E-state index contributed by atoms with van der Waals surface area (Å²) >= 11 is 0. The fourth-order valence-corrected chi connectivity index (χ4v) is 1.53. The van der Waals surface area contributed by atoms with Gasteiger partial charge < -0.3 is 10.6 Å². The quantitative estimate of drug-likeness (QED) is 0.792. The van der Waals surface area contributed by atoms with Crippen molar-refractivity contribution in [1.29, 1.82) is 0 Å². The minimum absolute atomic E-state index is 0.0432. The molecule has 0 saturated carbocycles. The molecule has 1 rings (SSSR count). The van der Waals surface area contributed by atoms with E-state index in [9.17, 15) is 4.79 Å². The first-order chi connectivity index (χ1) is 8.13. The van der Waals surface area contributed by atoms with Crippen molar-refractivity contribution in [3.05, 3.63) is 35.9 Å². The number of hydrogen-bond acceptors (Lipinski definition) is 2. The maximum absolute atomic E-state index is 11.7. The van der Waals surface area contributed by atoms with Gasteiger partial charge in [0, 0.05) is 6.04 Å². The molecule has 1 aromatic rings.